The van der Waals surface area contributed by atoms with Gasteiger partial charge in [0, 0.05) is 19.7 Å². The lowest BCUT2D eigenvalue weighted by atomic mass is 10.0. The highest BCUT2D eigenvalue weighted by atomic mass is 16.5. The lowest BCUT2D eigenvalue weighted by Gasteiger charge is -2.31. The molecular weight excluding hydrogens is 342 g/mol. The molecule has 2 aromatic rings. The second-order valence-corrected chi connectivity index (χ2v) is 6.57. The molecule has 0 aliphatic heterocycles. The number of carbonyl (C=O) groups excluding carboxylic acids is 1. The van der Waals surface area contributed by atoms with Crippen molar-refractivity contribution in [1.29, 1.82) is 0 Å². The zero-order valence-electron chi connectivity index (χ0n) is 16.4. The van der Waals surface area contributed by atoms with Gasteiger partial charge in [-0.2, -0.15) is 5.48 Å². The lowest BCUT2D eigenvalue weighted by molar-refractivity contribution is 0.0493. The van der Waals surface area contributed by atoms with Crippen LogP contribution in [0.5, 0.6) is 0 Å². The van der Waals surface area contributed by atoms with Gasteiger partial charge in [0.05, 0.1) is 12.6 Å². The predicted molar refractivity (Wildman–Crippen MR) is 107 cm³/mol. The largest absolute Gasteiger partial charge is 0.384 e. The molecule has 0 radical (unpaired) electrons. The molecule has 146 valence electrons. The number of carbonyl (C=O) groups is 1. The molecule has 0 aliphatic rings. The zero-order chi connectivity index (χ0) is 19.8. The fourth-order valence-corrected chi connectivity index (χ4v) is 2.91. The van der Waals surface area contributed by atoms with E-state index in [1.807, 2.05) is 31.2 Å². The third-order valence-electron chi connectivity index (χ3n) is 4.88. The first-order chi connectivity index (χ1) is 13.0. The van der Waals surface area contributed by atoms with E-state index in [-0.39, 0.29) is 11.9 Å². The summed E-state index contributed by atoms with van der Waals surface area (Å²) in [7, 11) is 5.15. The Hall–Kier alpha value is -2.25. The summed E-state index contributed by atoms with van der Waals surface area (Å²) in [5, 5.41) is 12.1. The van der Waals surface area contributed by atoms with Gasteiger partial charge in [0.2, 0.25) is 0 Å². The van der Waals surface area contributed by atoms with Crippen molar-refractivity contribution in [2.24, 2.45) is 0 Å². The third kappa shape index (κ3) is 5.37. The van der Waals surface area contributed by atoms with Crippen LogP contribution in [0.3, 0.4) is 0 Å². The molecule has 3 N–H and O–H groups in total. The normalized spacial score (nSPS) is 13.2. The van der Waals surface area contributed by atoms with Gasteiger partial charge in [-0.25, -0.2) is 0 Å². The number of hydrogen-bond donors (Lipinski definition) is 3. The Labute approximate surface area is 161 Å². The number of benzene rings is 2. The minimum absolute atomic E-state index is 0.0977. The molecular formula is C21H29N3O3. The van der Waals surface area contributed by atoms with Crippen LogP contribution in [0.4, 0.5) is 0 Å². The molecule has 2 atom stereocenters. The summed E-state index contributed by atoms with van der Waals surface area (Å²) < 4.78 is 5.10. The van der Waals surface area contributed by atoms with Gasteiger partial charge >= 0.3 is 0 Å². The zero-order valence-corrected chi connectivity index (χ0v) is 16.4. The molecule has 2 unspecified atom stereocenters. The van der Waals surface area contributed by atoms with E-state index in [2.05, 4.69) is 35.1 Å². The van der Waals surface area contributed by atoms with Gasteiger partial charge in [0.1, 0.15) is 6.17 Å². The summed E-state index contributed by atoms with van der Waals surface area (Å²) in [6.07, 6.45) is 0.486. The molecule has 0 saturated heterocycles. The molecule has 0 spiro atoms. The number of rotatable bonds is 9. The summed E-state index contributed by atoms with van der Waals surface area (Å²) in [6, 6.07) is 15.7. The van der Waals surface area contributed by atoms with E-state index in [0.29, 0.717) is 12.2 Å². The Balaban J connectivity index is 2.08. The molecule has 0 bridgehead atoms. The first kappa shape index (κ1) is 21.1. The van der Waals surface area contributed by atoms with E-state index >= 15 is 0 Å². The van der Waals surface area contributed by atoms with E-state index in [9.17, 15) is 4.79 Å². The van der Waals surface area contributed by atoms with Crippen molar-refractivity contribution in [2.75, 3.05) is 27.8 Å². The topological polar surface area (TPSA) is 73.8 Å². The smallest absolute Gasteiger partial charge is 0.253 e. The highest BCUT2D eigenvalue weighted by Crippen LogP contribution is 2.21. The van der Waals surface area contributed by atoms with E-state index in [1.165, 1.54) is 5.56 Å². The molecule has 0 fully saturated rings. The number of nitrogens with zero attached hydrogens (tertiary/aromatic N) is 1. The molecule has 27 heavy (non-hydrogen) atoms. The summed E-state index contributed by atoms with van der Waals surface area (Å²) in [5.74, 6) is -0.0977. The average molecular weight is 371 g/mol. The Morgan fingerprint density at radius 2 is 1.67 bits per heavy atom. The summed E-state index contributed by atoms with van der Waals surface area (Å²) in [6.45, 7) is 2.57. The van der Waals surface area contributed by atoms with Crippen molar-refractivity contribution in [3.05, 3.63) is 59.7 Å². The van der Waals surface area contributed by atoms with Gasteiger partial charge in [-0.15, -0.1) is 0 Å². The summed E-state index contributed by atoms with van der Waals surface area (Å²) in [4.78, 5) is 14.3. The van der Waals surface area contributed by atoms with Gasteiger partial charge in [0.15, 0.2) is 0 Å². The number of methoxy groups -OCH3 is 1. The van der Waals surface area contributed by atoms with E-state index < -0.39 is 6.17 Å². The predicted octanol–water partition coefficient (Wildman–Crippen LogP) is 2.53. The van der Waals surface area contributed by atoms with Crippen LogP contribution in [0, 0.1) is 0 Å². The van der Waals surface area contributed by atoms with Crippen LogP contribution in [-0.4, -0.2) is 56.0 Å². The maximum atomic E-state index is 12.7. The molecule has 2 aromatic carbocycles. The standard InChI is InChI=1S/C21H29N3O3/c1-15(20(22-2)23-26)24(3)21(25)19-11-9-18(10-12-19)17-7-5-16(6-8-17)13-14-27-4/h5-12,15,20,22-23,26H,13-14H2,1-4H3. The van der Waals surface area contributed by atoms with Crippen LogP contribution in [0.25, 0.3) is 11.1 Å². The average Bonchev–Trinajstić information content (AvgIpc) is 2.72. The fraction of sp³-hybridized carbons (Fsp3) is 0.381. The number of likely N-dealkylation sites (N-methyl/N-ethyl adjacent to an activating group) is 2. The maximum absolute atomic E-state index is 12.7. The van der Waals surface area contributed by atoms with Crippen LogP contribution >= 0.6 is 0 Å². The Kier molecular flexibility index (Phi) is 7.94. The number of hydroxylamine groups is 1. The van der Waals surface area contributed by atoms with Crippen LogP contribution in [0.2, 0.25) is 0 Å². The second kappa shape index (κ2) is 10.2. The quantitative estimate of drug-likeness (QED) is 0.467. The van der Waals surface area contributed by atoms with Crippen molar-refractivity contribution in [1.82, 2.24) is 15.7 Å². The SMILES string of the molecule is CNC(NO)C(C)N(C)C(=O)c1ccc(-c2ccc(CCOC)cc2)cc1. The van der Waals surface area contributed by atoms with E-state index in [0.717, 1.165) is 17.5 Å². The Bertz CT molecular complexity index is 712. The van der Waals surface area contributed by atoms with E-state index in [4.69, 9.17) is 9.94 Å². The van der Waals surface area contributed by atoms with Gasteiger partial charge < -0.3 is 20.2 Å². The Morgan fingerprint density at radius 3 is 2.15 bits per heavy atom. The van der Waals surface area contributed by atoms with Crippen molar-refractivity contribution >= 4 is 5.91 Å². The molecule has 0 aliphatic carbocycles. The number of nitrogens with one attached hydrogen (secondary N) is 2. The van der Waals surface area contributed by atoms with Gasteiger partial charge in [0.25, 0.3) is 5.91 Å². The van der Waals surface area contributed by atoms with Crippen molar-refractivity contribution in [3.8, 4) is 11.1 Å². The third-order valence-corrected chi connectivity index (χ3v) is 4.88. The minimum Gasteiger partial charge on any atom is -0.384 e. The van der Waals surface area contributed by atoms with Gasteiger partial charge in [-0.3, -0.25) is 4.79 Å². The highest BCUT2D eigenvalue weighted by molar-refractivity contribution is 5.94. The van der Waals surface area contributed by atoms with Crippen molar-refractivity contribution in [2.45, 2.75) is 25.6 Å². The molecule has 0 saturated carbocycles. The van der Waals surface area contributed by atoms with Crippen LogP contribution in [0.1, 0.15) is 22.8 Å². The Morgan fingerprint density at radius 1 is 1.11 bits per heavy atom. The molecule has 0 heterocycles. The number of amides is 1. The molecule has 1 amide bonds. The fourth-order valence-electron chi connectivity index (χ4n) is 2.91. The second-order valence-electron chi connectivity index (χ2n) is 6.57. The molecule has 6 heteroatoms. The minimum atomic E-state index is -0.408. The molecule has 0 aromatic heterocycles. The van der Waals surface area contributed by atoms with E-state index in [1.54, 1.807) is 26.1 Å². The first-order valence-electron chi connectivity index (χ1n) is 9.04. The lowest BCUT2D eigenvalue weighted by Crippen LogP contribution is -2.54. The van der Waals surface area contributed by atoms with Gasteiger partial charge in [-0.05, 0) is 49.2 Å². The maximum Gasteiger partial charge on any atom is 0.253 e. The number of hydrogen-bond acceptors (Lipinski definition) is 5. The monoisotopic (exact) mass is 371 g/mol. The molecule has 6 nitrogen and oxygen atoms in total. The van der Waals surface area contributed by atoms with Crippen LogP contribution in [-0.2, 0) is 11.2 Å². The summed E-state index contributed by atoms with van der Waals surface area (Å²) in [5.41, 5.74) is 6.19. The number of ether oxygens (including phenoxy) is 1. The van der Waals surface area contributed by atoms with Crippen molar-refractivity contribution < 1.29 is 14.7 Å². The van der Waals surface area contributed by atoms with Crippen molar-refractivity contribution in [3.63, 3.8) is 0 Å². The first-order valence-corrected chi connectivity index (χ1v) is 9.04. The summed E-state index contributed by atoms with van der Waals surface area (Å²) >= 11 is 0. The van der Waals surface area contributed by atoms with Crippen LogP contribution < -0.4 is 10.8 Å². The molecule has 2 rings (SSSR count). The van der Waals surface area contributed by atoms with Gasteiger partial charge in [-0.1, -0.05) is 36.4 Å². The highest BCUT2D eigenvalue weighted by Gasteiger charge is 2.23. The van der Waals surface area contributed by atoms with Crippen LogP contribution in [0.15, 0.2) is 48.5 Å².